The van der Waals surface area contributed by atoms with Crippen molar-refractivity contribution in [3.8, 4) is 5.75 Å². The van der Waals surface area contributed by atoms with Crippen LogP contribution in [-0.4, -0.2) is 40.8 Å². The van der Waals surface area contributed by atoms with Gasteiger partial charge in [-0.25, -0.2) is 9.38 Å². The number of ether oxygens (including phenoxy) is 1. The van der Waals surface area contributed by atoms with Crippen molar-refractivity contribution in [2.45, 2.75) is 18.6 Å². The number of benzene rings is 2. The Morgan fingerprint density at radius 3 is 2.75 bits per heavy atom. The summed E-state index contributed by atoms with van der Waals surface area (Å²) >= 11 is 1.23. The van der Waals surface area contributed by atoms with Crippen molar-refractivity contribution in [2.24, 2.45) is 4.99 Å². The van der Waals surface area contributed by atoms with E-state index >= 15 is 0 Å². The molecular weight excluding hydrogens is 381 g/mol. The van der Waals surface area contributed by atoms with Crippen LogP contribution in [0.25, 0.3) is 0 Å². The first-order chi connectivity index (χ1) is 13.5. The molecule has 0 bridgehead atoms. The quantitative estimate of drug-likeness (QED) is 0.827. The average Bonchev–Trinajstić information content (AvgIpc) is 2.69. The zero-order valence-corrected chi connectivity index (χ0v) is 16.3. The van der Waals surface area contributed by atoms with Gasteiger partial charge >= 0.3 is 0 Å². The number of carbonyl (C=O) groups is 2. The maximum Gasteiger partial charge on any atom is 0.238 e. The van der Waals surface area contributed by atoms with Crippen molar-refractivity contribution in [3.63, 3.8) is 0 Å². The molecule has 0 aromatic heterocycles. The summed E-state index contributed by atoms with van der Waals surface area (Å²) in [6.45, 7) is 2.32. The van der Waals surface area contributed by atoms with E-state index in [9.17, 15) is 14.0 Å². The number of methoxy groups -OCH3 is 1. The van der Waals surface area contributed by atoms with Gasteiger partial charge in [-0.15, -0.1) is 0 Å². The van der Waals surface area contributed by atoms with Crippen LogP contribution < -0.4 is 10.1 Å². The molecule has 1 aliphatic heterocycles. The Morgan fingerprint density at radius 1 is 1.32 bits per heavy atom. The maximum absolute atomic E-state index is 13.0. The van der Waals surface area contributed by atoms with E-state index < -0.39 is 5.25 Å². The highest BCUT2D eigenvalue weighted by Crippen LogP contribution is 2.30. The van der Waals surface area contributed by atoms with Gasteiger partial charge in [0.2, 0.25) is 11.8 Å². The Hall–Kier alpha value is -2.87. The standard InChI is InChI=1S/C20H20FN3O3S/c1-3-24-18(25)12-17(19(26)22-14-9-7-13(21)8-10-14)28-20(24)23-15-5-4-6-16(11-15)27-2/h4-11,17H,3,12H2,1-2H3,(H,22,26)/t17-/m1/s1. The van der Waals surface area contributed by atoms with Crippen molar-refractivity contribution in [2.75, 3.05) is 19.0 Å². The molecule has 0 aliphatic carbocycles. The van der Waals surface area contributed by atoms with Crippen molar-refractivity contribution >= 4 is 40.1 Å². The maximum atomic E-state index is 13.0. The summed E-state index contributed by atoms with van der Waals surface area (Å²) in [5.41, 5.74) is 1.11. The van der Waals surface area contributed by atoms with Crippen LogP contribution in [0.3, 0.4) is 0 Å². The fourth-order valence-electron chi connectivity index (χ4n) is 2.70. The highest BCUT2D eigenvalue weighted by molar-refractivity contribution is 8.15. The first-order valence-electron chi connectivity index (χ1n) is 8.76. The van der Waals surface area contributed by atoms with Gasteiger partial charge < -0.3 is 10.1 Å². The third-order valence-corrected chi connectivity index (χ3v) is 5.33. The molecular formula is C20H20FN3O3S. The molecule has 146 valence electrons. The van der Waals surface area contributed by atoms with Gasteiger partial charge in [0, 0.05) is 24.7 Å². The van der Waals surface area contributed by atoms with Gasteiger partial charge in [0.15, 0.2) is 5.17 Å². The van der Waals surface area contributed by atoms with Gasteiger partial charge in [-0.1, -0.05) is 17.8 Å². The molecule has 1 heterocycles. The minimum atomic E-state index is -0.621. The van der Waals surface area contributed by atoms with Crippen molar-refractivity contribution in [1.29, 1.82) is 0 Å². The van der Waals surface area contributed by atoms with Crippen LogP contribution >= 0.6 is 11.8 Å². The Labute approximate surface area is 166 Å². The molecule has 0 spiro atoms. The molecule has 8 heteroatoms. The van der Waals surface area contributed by atoms with Crippen LogP contribution in [0.15, 0.2) is 53.5 Å². The molecule has 2 amide bonds. The number of hydrogen-bond donors (Lipinski definition) is 1. The Bertz CT molecular complexity index is 902. The first-order valence-corrected chi connectivity index (χ1v) is 9.64. The topological polar surface area (TPSA) is 71.0 Å². The molecule has 3 rings (SSSR count). The predicted octanol–water partition coefficient (Wildman–Crippen LogP) is 3.81. The summed E-state index contributed by atoms with van der Waals surface area (Å²) < 4.78 is 18.2. The fraction of sp³-hybridized carbons (Fsp3) is 0.250. The SMILES string of the molecule is CCN1C(=O)C[C@H](C(=O)Nc2ccc(F)cc2)SC1=Nc1cccc(OC)c1. The van der Waals surface area contributed by atoms with Gasteiger partial charge in [-0.3, -0.25) is 14.5 Å². The Balaban J connectivity index is 1.81. The van der Waals surface area contributed by atoms with Crippen LogP contribution in [0.5, 0.6) is 5.75 Å². The lowest BCUT2D eigenvalue weighted by atomic mass is 10.2. The van der Waals surface area contributed by atoms with E-state index in [1.54, 1.807) is 30.2 Å². The van der Waals surface area contributed by atoms with E-state index in [1.807, 2.05) is 13.0 Å². The minimum absolute atomic E-state index is 0.0721. The third-order valence-electron chi connectivity index (χ3n) is 4.14. The number of amidine groups is 1. The molecule has 0 unspecified atom stereocenters. The zero-order chi connectivity index (χ0) is 20.1. The summed E-state index contributed by atoms with van der Waals surface area (Å²) in [5, 5.41) is 2.57. The second kappa shape index (κ2) is 8.88. The highest BCUT2D eigenvalue weighted by Gasteiger charge is 2.35. The normalized spacial score (nSPS) is 18.2. The molecule has 2 aromatic carbocycles. The van der Waals surface area contributed by atoms with E-state index in [0.717, 1.165) is 0 Å². The zero-order valence-electron chi connectivity index (χ0n) is 15.5. The Morgan fingerprint density at radius 2 is 2.07 bits per heavy atom. The van der Waals surface area contributed by atoms with E-state index in [-0.39, 0.29) is 24.1 Å². The number of nitrogens with one attached hydrogen (secondary N) is 1. The number of halogens is 1. The summed E-state index contributed by atoms with van der Waals surface area (Å²) in [6.07, 6.45) is 0.0721. The molecule has 28 heavy (non-hydrogen) atoms. The van der Waals surface area contributed by atoms with Gasteiger partial charge in [-0.2, -0.15) is 0 Å². The van der Waals surface area contributed by atoms with E-state index in [2.05, 4.69) is 10.3 Å². The molecule has 1 N–H and O–H groups in total. The van der Waals surface area contributed by atoms with Crippen molar-refractivity contribution in [3.05, 3.63) is 54.3 Å². The number of anilines is 1. The molecule has 2 aromatic rings. The lowest BCUT2D eigenvalue weighted by Gasteiger charge is -2.30. The lowest BCUT2D eigenvalue weighted by molar-refractivity contribution is -0.129. The average molecular weight is 401 g/mol. The third kappa shape index (κ3) is 4.69. The van der Waals surface area contributed by atoms with Crippen LogP contribution in [-0.2, 0) is 9.59 Å². The van der Waals surface area contributed by atoms with Crippen LogP contribution in [0.1, 0.15) is 13.3 Å². The van der Waals surface area contributed by atoms with Gasteiger partial charge in [0.05, 0.1) is 12.8 Å². The second-order valence-corrected chi connectivity index (χ2v) is 7.21. The number of hydrogen-bond acceptors (Lipinski definition) is 5. The summed E-state index contributed by atoms with van der Waals surface area (Å²) in [7, 11) is 1.57. The molecule has 6 nitrogen and oxygen atoms in total. The van der Waals surface area contributed by atoms with Crippen LogP contribution in [0.4, 0.5) is 15.8 Å². The molecule has 0 radical (unpaired) electrons. The highest BCUT2D eigenvalue weighted by atomic mass is 32.2. The molecule has 1 atom stereocenters. The van der Waals surface area contributed by atoms with E-state index in [0.29, 0.717) is 28.8 Å². The number of thioether (sulfide) groups is 1. The molecule has 1 aliphatic rings. The van der Waals surface area contributed by atoms with Crippen molar-refractivity contribution < 1.29 is 18.7 Å². The number of aliphatic imine (C=N–C) groups is 1. The van der Waals surface area contributed by atoms with Gasteiger partial charge in [-0.05, 0) is 43.3 Å². The summed E-state index contributed by atoms with van der Waals surface area (Å²) in [4.78, 5) is 31.3. The lowest BCUT2D eigenvalue weighted by Crippen LogP contribution is -2.45. The molecule has 0 saturated carbocycles. The number of amides is 2. The monoisotopic (exact) mass is 401 g/mol. The number of nitrogens with zero attached hydrogens (tertiary/aromatic N) is 2. The van der Waals surface area contributed by atoms with Crippen LogP contribution in [0, 0.1) is 5.82 Å². The van der Waals surface area contributed by atoms with E-state index in [1.165, 1.54) is 36.0 Å². The summed E-state index contributed by atoms with van der Waals surface area (Å²) in [6, 6.07) is 12.7. The van der Waals surface area contributed by atoms with Gasteiger partial charge in [0.25, 0.3) is 0 Å². The van der Waals surface area contributed by atoms with E-state index in [4.69, 9.17) is 4.74 Å². The predicted molar refractivity (Wildman–Crippen MR) is 109 cm³/mol. The van der Waals surface area contributed by atoms with Crippen molar-refractivity contribution in [1.82, 2.24) is 4.90 Å². The number of rotatable bonds is 5. The van der Waals surface area contributed by atoms with Crippen LogP contribution in [0.2, 0.25) is 0 Å². The molecule has 1 saturated heterocycles. The number of carbonyl (C=O) groups excluding carboxylic acids is 2. The summed E-state index contributed by atoms with van der Waals surface area (Å²) in [5.74, 6) is -0.213. The fourth-order valence-corrected chi connectivity index (χ4v) is 3.86. The van der Waals surface area contributed by atoms with Gasteiger partial charge in [0.1, 0.15) is 16.8 Å². The molecule has 1 fully saturated rings. The Kier molecular flexibility index (Phi) is 6.30. The smallest absolute Gasteiger partial charge is 0.238 e. The minimum Gasteiger partial charge on any atom is -0.497 e. The second-order valence-electron chi connectivity index (χ2n) is 6.04. The first kappa shape index (κ1) is 19.9. The largest absolute Gasteiger partial charge is 0.497 e.